The second kappa shape index (κ2) is 16.9. The van der Waals surface area contributed by atoms with Crippen LogP contribution < -0.4 is 0 Å². The van der Waals surface area contributed by atoms with E-state index >= 15 is 0 Å². The molecule has 0 saturated heterocycles. The molecule has 0 bridgehead atoms. The third-order valence-electron chi connectivity index (χ3n) is 2.12. The molecule has 0 aromatic carbocycles. The maximum absolute atomic E-state index is 10.7. The lowest BCUT2D eigenvalue weighted by atomic mass is 9.87. The lowest BCUT2D eigenvalue weighted by molar-refractivity contribution is -0.147. The van der Waals surface area contributed by atoms with Crippen molar-refractivity contribution in [2.24, 2.45) is 5.41 Å². The third-order valence-corrected chi connectivity index (χ3v) is 8.79. The van der Waals surface area contributed by atoms with Crippen LogP contribution >= 0.6 is 13.5 Å². The minimum absolute atomic E-state index is 0. The van der Waals surface area contributed by atoms with Crippen LogP contribution in [0.2, 0.25) is 0 Å². The molecule has 0 radical (unpaired) electrons. The van der Waals surface area contributed by atoms with E-state index in [2.05, 4.69) is 29.0 Å². The van der Waals surface area contributed by atoms with E-state index in [0.717, 1.165) is 25.7 Å². The van der Waals surface area contributed by atoms with Crippen LogP contribution in [0.4, 0.5) is 0 Å². The van der Waals surface area contributed by atoms with Crippen LogP contribution in [0.3, 0.4) is 0 Å². The fraction of sp³-hybridized carbons (Fsp3) is 0.700. The van der Waals surface area contributed by atoms with Gasteiger partial charge in [0.1, 0.15) is 0 Å². The molecule has 0 spiro atoms. The number of carboxylic acids is 1. The monoisotopic (exact) mass is 396 g/mol. The molecule has 0 aromatic heterocycles. The van der Waals surface area contributed by atoms with Crippen LogP contribution in [0.5, 0.6) is 0 Å². The van der Waals surface area contributed by atoms with Crippen molar-refractivity contribution in [2.75, 3.05) is 0 Å². The number of unbranched alkanes of at least 4 members (excludes halogenated alkanes) is 2. The number of carbonyl (C=O) groups is 1. The van der Waals surface area contributed by atoms with Crippen LogP contribution in [0.25, 0.3) is 0 Å². The maximum atomic E-state index is 10.7. The van der Waals surface area contributed by atoms with Crippen molar-refractivity contribution in [3.05, 3.63) is 12.7 Å². The Morgan fingerprint density at radius 2 is 1.74 bits per heavy atom. The second-order valence-corrected chi connectivity index (χ2v) is 11.1. The van der Waals surface area contributed by atoms with Crippen LogP contribution in [0.15, 0.2) is 12.7 Å². The van der Waals surface area contributed by atoms with Crippen LogP contribution in [-0.2, 0) is 62.7 Å². The first-order valence-corrected chi connectivity index (χ1v) is 11.8. The Morgan fingerprint density at radius 3 is 2.05 bits per heavy atom. The van der Waals surface area contributed by atoms with Crippen molar-refractivity contribution in [1.29, 1.82) is 0 Å². The second-order valence-electron chi connectivity index (χ2n) is 4.00. The van der Waals surface area contributed by atoms with Crippen molar-refractivity contribution < 1.29 is 9.90 Å². The van der Waals surface area contributed by atoms with Crippen molar-refractivity contribution in [2.45, 2.75) is 39.5 Å². The first-order valence-electron chi connectivity index (χ1n) is 5.18. The number of carboxylic acid groups (broad SMARTS) is 1. The Hall–Kier alpha value is 0.880. The van der Waals surface area contributed by atoms with Gasteiger partial charge in [-0.3, -0.25) is 4.79 Å². The highest BCUT2D eigenvalue weighted by atomic mass is 33.3. The van der Waals surface area contributed by atoms with E-state index in [1.165, 1.54) is 35.5 Å². The van der Waals surface area contributed by atoms with Gasteiger partial charge in [0.2, 0.25) is 0 Å². The maximum Gasteiger partial charge on any atom is 0.309 e. The number of allylic oxidation sites excluding steroid dienone is 1. The molecule has 0 atom stereocenters. The molecule has 1 N–H and O–H groups in total. The van der Waals surface area contributed by atoms with Crippen LogP contribution in [0.1, 0.15) is 39.5 Å². The predicted octanol–water partition coefficient (Wildman–Crippen LogP) is 2.94. The molecule has 0 unspecified atom stereocenters. The third kappa shape index (κ3) is 18.9. The molecule has 0 aliphatic heterocycles. The molecule has 0 heterocycles. The van der Waals surface area contributed by atoms with Gasteiger partial charge in [-0.25, -0.2) is 0 Å². The molecular weight excluding hydrogens is 377 g/mol. The summed E-state index contributed by atoms with van der Waals surface area (Å²) in [5.74, 6) is -0.707. The summed E-state index contributed by atoms with van der Waals surface area (Å²) in [5.41, 5.74) is -0.568. The zero-order chi connectivity index (χ0) is 14.4. The highest BCUT2D eigenvalue weighted by molar-refractivity contribution is 8.64. The minimum Gasteiger partial charge on any atom is -0.481 e. The average Bonchev–Trinajstić information content (AvgIpc) is 2.32. The van der Waals surface area contributed by atoms with Crippen molar-refractivity contribution in [3.63, 3.8) is 0 Å². The average molecular weight is 397 g/mol. The molecule has 2 nitrogen and oxygen atoms in total. The first kappa shape index (κ1) is 24.9. The van der Waals surface area contributed by atoms with Gasteiger partial charge in [0.25, 0.3) is 0 Å². The lowest BCUT2D eigenvalue weighted by Crippen LogP contribution is -2.23. The van der Waals surface area contributed by atoms with E-state index in [1.54, 1.807) is 13.8 Å². The van der Waals surface area contributed by atoms with Gasteiger partial charge >= 0.3 is 5.97 Å². The quantitative estimate of drug-likeness (QED) is 0.553. The minimum atomic E-state index is -0.707. The zero-order valence-electron chi connectivity index (χ0n) is 10.9. The van der Waals surface area contributed by atoms with Crippen LogP contribution in [0, 0.1) is 5.41 Å². The normalized spacial score (nSPS) is 8.95. The van der Waals surface area contributed by atoms with E-state index < -0.39 is 11.4 Å². The largest absolute Gasteiger partial charge is 0.481 e. The highest BCUT2D eigenvalue weighted by Crippen LogP contribution is 2.23. The Kier molecular flexibility index (Phi) is 22.2. The molecule has 0 aromatic rings. The lowest BCUT2D eigenvalue weighted by Gasteiger charge is -2.18. The Balaban J connectivity index is -0.000000313. The summed E-state index contributed by atoms with van der Waals surface area (Å²) in [6, 6.07) is 0. The number of aliphatic carboxylic acids is 1. The summed E-state index contributed by atoms with van der Waals surface area (Å²) in [6.45, 7) is 7.15. The summed E-state index contributed by atoms with van der Waals surface area (Å²) in [5, 5.41) is 8.78. The molecule has 0 fully saturated rings. The van der Waals surface area contributed by atoms with Gasteiger partial charge < -0.3 is 5.11 Å². The summed E-state index contributed by atoms with van der Waals surface area (Å²) in [7, 11) is 5.63. The van der Waals surface area contributed by atoms with E-state index in [0.29, 0.717) is 0 Å². The summed E-state index contributed by atoms with van der Waals surface area (Å²) >= 11 is 9.03. The van der Waals surface area contributed by atoms with E-state index in [-0.39, 0.29) is 13.5 Å². The Bertz CT molecular complexity index is 390. The highest BCUT2D eigenvalue weighted by Gasteiger charge is 2.25. The molecule has 114 valence electrons. The van der Waals surface area contributed by atoms with E-state index in [9.17, 15) is 4.79 Å². The molecular formula is C10H20O2S7. The standard InChI is InChI=1S/C10H18O2.S6.H2S/c1-4-5-6-7-8-10(2,3)9(11)12;1-3-5-6-4-2;/h4H,1,5-8H2,2-3H3,(H,11,12);;1H2. The first-order chi connectivity index (χ1) is 8.42. The topological polar surface area (TPSA) is 37.3 Å². The predicted molar refractivity (Wildman–Crippen MR) is 105 cm³/mol. The van der Waals surface area contributed by atoms with Gasteiger partial charge in [-0.2, -0.15) is 13.5 Å². The molecule has 19 heavy (non-hydrogen) atoms. The van der Waals surface area contributed by atoms with Gasteiger partial charge in [0.15, 0.2) is 0 Å². The molecule has 0 rings (SSSR count). The number of rotatable bonds is 6. The van der Waals surface area contributed by atoms with Crippen molar-refractivity contribution >= 4 is 77.4 Å². The number of hydrogen-bond acceptors (Lipinski definition) is 3. The SMILES string of the molecule is C=CCCCCC(C)(C)C(=O)O.S.S=S=S=S=S=S. The van der Waals surface area contributed by atoms with Crippen LogP contribution in [-0.4, -0.2) is 11.1 Å². The molecule has 0 amide bonds. The smallest absolute Gasteiger partial charge is 0.309 e. The molecule has 0 aliphatic carbocycles. The summed E-state index contributed by atoms with van der Waals surface area (Å²) in [4.78, 5) is 10.7. The van der Waals surface area contributed by atoms with E-state index in [1.807, 2.05) is 6.08 Å². The fourth-order valence-corrected chi connectivity index (χ4v) is 6.47. The van der Waals surface area contributed by atoms with Gasteiger partial charge in [-0.1, -0.05) is 12.5 Å². The van der Waals surface area contributed by atoms with Gasteiger partial charge in [-0.15, -0.1) is 6.58 Å². The fourth-order valence-electron chi connectivity index (χ4n) is 0.985. The molecule has 0 saturated carbocycles. The molecule has 9 heteroatoms. The molecule has 0 aliphatic rings. The number of hydrogen-bond donors (Lipinski definition) is 1. The zero-order valence-corrected chi connectivity index (χ0v) is 16.8. The van der Waals surface area contributed by atoms with Gasteiger partial charge in [-0.05, 0) is 33.1 Å². The van der Waals surface area contributed by atoms with E-state index in [4.69, 9.17) is 5.11 Å². The van der Waals surface area contributed by atoms with Crippen molar-refractivity contribution in [3.8, 4) is 0 Å². The Labute approximate surface area is 144 Å². The van der Waals surface area contributed by atoms with Crippen molar-refractivity contribution in [1.82, 2.24) is 0 Å². The Morgan fingerprint density at radius 1 is 1.26 bits per heavy atom. The van der Waals surface area contributed by atoms with Gasteiger partial charge in [0, 0.05) is 57.9 Å². The summed E-state index contributed by atoms with van der Waals surface area (Å²) in [6.07, 6.45) is 5.60. The summed E-state index contributed by atoms with van der Waals surface area (Å²) < 4.78 is 0. The van der Waals surface area contributed by atoms with Gasteiger partial charge in [0.05, 0.1) is 5.41 Å².